The van der Waals surface area contributed by atoms with Crippen LogP contribution in [-0.4, -0.2) is 24.2 Å². The Morgan fingerprint density at radius 3 is 3.05 bits per heavy atom. The lowest BCUT2D eigenvalue weighted by atomic mass is 10.1. The Balaban J connectivity index is 1.90. The van der Waals surface area contributed by atoms with E-state index in [1.165, 1.54) is 4.88 Å². The lowest BCUT2D eigenvalue weighted by Gasteiger charge is -2.26. The Morgan fingerprint density at radius 2 is 2.29 bits per heavy atom. The van der Waals surface area contributed by atoms with Crippen molar-refractivity contribution in [2.45, 2.75) is 33.3 Å². The number of thiazole rings is 1. The SMILES string of the molecule is CCNc1nc(-c2ccc3c(c2)NCC(CC)O3)c(C)s1. The van der Waals surface area contributed by atoms with Gasteiger partial charge in [0.2, 0.25) is 0 Å². The van der Waals surface area contributed by atoms with Crippen LogP contribution < -0.4 is 15.4 Å². The number of fused-ring (bicyclic) bond motifs is 1. The van der Waals surface area contributed by atoms with E-state index in [0.29, 0.717) is 0 Å². The van der Waals surface area contributed by atoms with Gasteiger partial charge in [-0.15, -0.1) is 11.3 Å². The van der Waals surface area contributed by atoms with Crippen molar-refractivity contribution >= 4 is 22.2 Å². The standard InChI is InChI=1S/C16H21N3OS/c1-4-12-9-18-13-8-11(6-7-14(13)20-12)15-10(3)21-16(19-15)17-5-2/h6-8,12,18H,4-5,9H2,1-3H3,(H,17,19). The topological polar surface area (TPSA) is 46.2 Å². The van der Waals surface area contributed by atoms with E-state index in [-0.39, 0.29) is 6.10 Å². The maximum atomic E-state index is 5.95. The first-order valence-corrected chi connectivity index (χ1v) is 8.29. The highest BCUT2D eigenvalue weighted by molar-refractivity contribution is 7.16. The Labute approximate surface area is 129 Å². The van der Waals surface area contributed by atoms with E-state index in [2.05, 4.69) is 48.5 Å². The molecule has 0 amide bonds. The summed E-state index contributed by atoms with van der Waals surface area (Å²) in [5.41, 5.74) is 3.26. The van der Waals surface area contributed by atoms with Gasteiger partial charge in [-0.1, -0.05) is 6.92 Å². The smallest absolute Gasteiger partial charge is 0.183 e. The van der Waals surface area contributed by atoms with Gasteiger partial charge in [0, 0.05) is 17.0 Å². The third-order valence-electron chi connectivity index (χ3n) is 3.65. The number of aromatic nitrogens is 1. The minimum atomic E-state index is 0.268. The molecule has 2 heterocycles. The van der Waals surface area contributed by atoms with Gasteiger partial charge in [0.05, 0.1) is 17.9 Å². The summed E-state index contributed by atoms with van der Waals surface area (Å²) >= 11 is 1.70. The summed E-state index contributed by atoms with van der Waals surface area (Å²) in [5, 5.41) is 7.73. The Kier molecular flexibility index (Phi) is 4.01. The number of hydrogen-bond acceptors (Lipinski definition) is 5. The number of anilines is 2. The van der Waals surface area contributed by atoms with Crippen LogP contribution in [0.25, 0.3) is 11.3 Å². The number of ether oxygens (including phenoxy) is 1. The van der Waals surface area contributed by atoms with Gasteiger partial charge in [-0.05, 0) is 38.5 Å². The summed E-state index contributed by atoms with van der Waals surface area (Å²) in [6, 6.07) is 6.28. The van der Waals surface area contributed by atoms with E-state index in [4.69, 9.17) is 4.74 Å². The van der Waals surface area contributed by atoms with Gasteiger partial charge in [0.1, 0.15) is 11.9 Å². The second-order valence-electron chi connectivity index (χ2n) is 5.19. The maximum absolute atomic E-state index is 5.95. The van der Waals surface area contributed by atoms with Crippen LogP contribution in [0.4, 0.5) is 10.8 Å². The first-order chi connectivity index (χ1) is 10.2. The maximum Gasteiger partial charge on any atom is 0.183 e. The van der Waals surface area contributed by atoms with E-state index in [9.17, 15) is 0 Å². The monoisotopic (exact) mass is 303 g/mol. The predicted molar refractivity (Wildman–Crippen MR) is 89.6 cm³/mol. The van der Waals surface area contributed by atoms with Crippen LogP contribution in [0.1, 0.15) is 25.1 Å². The molecule has 4 nitrogen and oxygen atoms in total. The zero-order chi connectivity index (χ0) is 14.8. The first kappa shape index (κ1) is 14.2. The minimum absolute atomic E-state index is 0.268. The number of hydrogen-bond donors (Lipinski definition) is 2. The molecule has 1 atom stereocenters. The van der Waals surface area contributed by atoms with Crippen molar-refractivity contribution in [2.24, 2.45) is 0 Å². The van der Waals surface area contributed by atoms with E-state index in [0.717, 1.165) is 47.3 Å². The highest BCUT2D eigenvalue weighted by Gasteiger charge is 2.19. The molecule has 1 aromatic heterocycles. The zero-order valence-electron chi connectivity index (χ0n) is 12.7. The van der Waals surface area contributed by atoms with Crippen LogP contribution in [0.15, 0.2) is 18.2 Å². The largest absolute Gasteiger partial charge is 0.486 e. The summed E-state index contributed by atoms with van der Waals surface area (Å²) in [6.45, 7) is 8.10. The second kappa shape index (κ2) is 5.93. The average Bonchev–Trinajstić information content (AvgIpc) is 2.87. The molecule has 2 N–H and O–H groups in total. The fourth-order valence-electron chi connectivity index (χ4n) is 2.48. The van der Waals surface area contributed by atoms with Crippen LogP contribution in [0.3, 0.4) is 0 Å². The van der Waals surface area contributed by atoms with Gasteiger partial charge in [0.25, 0.3) is 0 Å². The van der Waals surface area contributed by atoms with E-state index >= 15 is 0 Å². The molecule has 1 aliphatic heterocycles. The van der Waals surface area contributed by atoms with Gasteiger partial charge < -0.3 is 15.4 Å². The summed E-state index contributed by atoms with van der Waals surface area (Å²) in [5.74, 6) is 0.941. The molecule has 1 aliphatic rings. The number of aryl methyl sites for hydroxylation is 1. The Bertz CT molecular complexity index is 638. The molecule has 0 saturated heterocycles. The molecule has 0 fully saturated rings. The van der Waals surface area contributed by atoms with Crippen molar-refractivity contribution in [3.8, 4) is 17.0 Å². The van der Waals surface area contributed by atoms with Gasteiger partial charge in [0.15, 0.2) is 5.13 Å². The third kappa shape index (κ3) is 2.83. The molecule has 5 heteroatoms. The molecule has 1 aromatic carbocycles. The van der Waals surface area contributed by atoms with Crippen molar-refractivity contribution in [1.29, 1.82) is 0 Å². The molecule has 0 spiro atoms. The van der Waals surface area contributed by atoms with Gasteiger partial charge in [-0.2, -0.15) is 0 Å². The number of nitrogens with zero attached hydrogens (tertiary/aromatic N) is 1. The molecular weight excluding hydrogens is 282 g/mol. The van der Waals surface area contributed by atoms with E-state index in [1.807, 2.05) is 6.07 Å². The van der Waals surface area contributed by atoms with Crippen LogP contribution in [0.5, 0.6) is 5.75 Å². The minimum Gasteiger partial charge on any atom is -0.486 e. The molecule has 2 aromatic rings. The molecular formula is C16H21N3OS. The third-order valence-corrected chi connectivity index (χ3v) is 4.58. The lowest BCUT2D eigenvalue weighted by molar-refractivity contribution is 0.202. The van der Waals surface area contributed by atoms with Crippen LogP contribution >= 0.6 is 11.3 Å². The summed E-state index contributed by atoms with van der Waals surface area (Å²) < 4.78 is 5.95. The first-order valence-electron chi connectivity index (χ1n) is 7.47. The molecule has 0 aliphatic carbocycles. The Morgan fingerprint density at radius 1 is 1.43 bits per heavy atom. The van der Waals surface area contributed by atoms with Crippen molar-refractivity contribution in [3.63, 3.8) is 0 Å². The van der Waals surface area contributed by atoms with Crippen LogP contribution in [0, 0.1) is 6.92 Å². The van der Waals surface area contributed by atoms with E-state index < -0.39 is 0 Å². The van der Waals surface area contributed by atoms with Gasteiger partial charge in [-0.25, -0.2) is 4.98 Å². The number of rotatable bonds is 4. The molecule has 112 valence electrons. The molecule has 21 heavy (non-hydrogen) atoms. The number of benzene rings is 1. The molecule has 0 bridgehead atoms. The van der Waals surface area contributed by atoms with Crippen LogP contribution in [0.2, 0.25) is 0 Å². The lowest BCUT2D eigenvalue weighted by Crippen LogP contribution is -2.29. The molecule has 3 rings (SSSR count). The molecule has 0 radical (unpaired) electrons. The van der Waals surface area contributed by atoms with Crippen molar-refractivity contribution in [1.82, 2.24) is 4.98 Å². The fraction of sp³-hybridized carbons (Fsp3) is 0.438. The summed E-state index contributed by atoms with van der Waals surface area (Å²) in [7, 11) is 0. The van der Waals surface area contributed by atoms with Gasteiger partial charge in [-0.3, -0.25) is 0 Å². The normalized spacial score (nSPS) is 16.8. The van der Waals surface area contributed by atoms with Gasteiger partial charge >= 0.3 is 0 Å². The average molecular weight is 303 g/mol. The Hall–Kier alpha value is -1.75. The second-order valence-corrected chi connectivity index (χ2v) is 6.40. The molecule has 1 unspecified atom stereocenters. The summed E-state index contributed by atoms with van der Waals surface area (Å²) in [4.78, 5) is 5.92. The predicted octanol–water partition coefficient (Wildman–Crippen LogP) is 4.13. The van der Waals surface area contributed by atoms with E-state index in [1.54, 1.807) is 11.3 Å². The highest BCUT2D eigenvalue weighted by atomic mass is 32.1. The molecule has 0 saturated carbocycles. The van der Waals surface area contributed by atoms with Crippen LogP contribution in [-0.2, 0) is 0 Å². The fourth-order valence-corrected chi connectivity index (χ4v) is 3.39. The number of nitrogens with one attached hydrogen (secondary N) is 2. The van der Waals surface area contributed by atoms with Crippen molar-refractivity contribution < 1.29 is 4.74 Å². The zero-order valence-corrected chi connectivity index (χ0v) is 13.5. The van der Waals surface area contributed by atoms with Crippen molar-refractivity contribution in [3.05, 3.63) is 23.1 Å². The highest BCUT2D eigenvalue weighted by Crippen LogP contribution is 2.36. The van der Waals surface area contributed by atoms with Crippen molar-refractivity contribution in [2.75, 3.05) is 23.7 Å². The quantitative estimate of drug-likeness (QED) is 0.891. The summed E-state index contributed by atoms with van der Waals surface area (Å²) in [6.07, 6.45) is 1.29.